The molecule has 3 heterocycles. The Morgan fingerprint density at radius 1 is 1.22 bits per heavy atom. The van der Waals surface area contributed by atoms with Gasteiger partial charge in [-0.3, -0.25) is 0 Å². The van der Waals surface area contributed by atoms with Gasteiger partial charge in [-0.2, -0.15) is 0 Å². The first-order chi connectivity index (χ1) is 12.9. The molecule has 27 heavy (non-hydrogen) atoms. The maximum atomic E-state index is 12.7. The zero-order valence-electron chi connectivity index (χ0n) is 15.7. The largest absolute Gasteiger partial charge is 0.445 e. The second-order valence-electron chi connectivity index (χ2n) is 7.86. The highest BCUT2D eigenvalue weighted by molar-refractivity contribution is 5.68. The maximum Gasteiger partial charge on any atom is 0.410 e. The number of ether oxygens (including phenoxy) is 4. The molecule has 3 saturated heterocycles. The number of piperidine rings is 1. The number of rotatable bonds is 3. The lowest BCUT2D eigenvalue weighted by Gasteiger charge is -2.39. The molecule has 7 heteroatoms. The van der Waals surface area contributed by atoms with E-state index in [-0.39, 0.29) is 18.7 Å². The Hall–Kier alpha value is -1.67. The van der Waals surface area contributed by atoms with Crippen LogP contribution in [0.5, 0.6) is 0 Å². The summed E-state index contributed by atoms with van der Waals surface area (Å²) in [6.07, 6.45) is -0.262. The Balaban J connectivity index is 1.41. The van der Waals surface area contributed by atoms with Crippen LogP contribution in [0.4, 0.5) is 4.79 Å². The number of carbonyl (C=O) groups excluding carboxylic acids is 1. The number of aliphatic hydroxyl groups is 1. The van der Waals surface area contributed by atoms with Gasteiger partial charge in [0.1, 0.15) is 24.9 Å². The average molecular weight is 377 g/mol. The molecular weight excluding hydrogens is 350 g/mol. The predicted octanol–water partition coefficient (Wildman–Crippen LogP) is 2.42. The van der Waals surface area contributed by atoms with Crippen molar-refractivity contribution in [2.75, 3.05) is 6.54 Å². The molecule has 0 unspecified atom stereocenters. The van der Waals surface area contributed by atoms with Gasteiger partial charge in [0, 0.05) is 6.54 Å². The summed E-state index contributed by atoms with van der Waals surface area (Å²) in [5, 5.41) is 10.7. The van der Waals surface area contributed by atoms with E-state index in [0.29, 0.717) is 6.54 Å². The number of nitrogens with zero attached hydrogens (tertiary/aromatic N) is 1. The fourth-order valence-electron chi connectivity index (χ4n) is 4.16. The summed E-state index contributed by atoms with van der Waals surface area (Å²) in [5.41, 5.74) is 0.940. The molecular formula is C20H27NO6. The number of fused-ring (bicyclic) bond motifs is 1. The van der Waals surface area contributed by atoms with Crippen LogP contribution in [-0.4, -0.2) is 59.1 Å². The number of hydrogen-bond acceptors (Lipinski definition) is 6. The van der Waals surface area contributed by atoms with Crippen LogP contribution >= 0.6 is 0 Å². The molecule has 7 nitrogen and oxygen atoms in total. The van der Waals surface area contributed by atoms with Crippen LogP contribution in [0.25, 0.3) is 0 Å². The quantitative estimate of drug-likeness (QED) is 0.872. The lowest BCUT2D eigenvalue weighted by Crippen LogP contribution is -2.54. The summed E-state index contributed by atoms with van der Waals surface area (Å²) in [7, 11) is 0. The fraction of sp³-hybridized carbons (Fsp3) is 0.650. The minimum absolute atomic E-state index is 0.225. The first-order valence-corrected chi connectivity index (χ1v) is 9.61. The van der Waals surface area contributed by atoms with Crippen LogP contribution in [0.3, 0.4) is 0 Å². The van der Waals surface area contributed by atoms with Crippen LogP contribution in [0.15, 0.2) is 30.3 Å². The molecule has 0 aliphatic carbocycles. The van der Waals surface area contributed by atoms with E-state index in [1.54, 1.807) is 18.7 Å². The summed E-state index contributed by atoms with van der Waals surface area (Å²) >= 11 is 0. The van der Waals surface area contributed by atoms with E-state index in [1.807, 2.05) is 30.3 Å². The van der Waals surface area contributed by atoms with E-state index in [0.717, 1.165) is 24.8 Å². The molecule has 3 aliphatic rings. The SMILES string of the molecule is CC1(C)O[C@H]2O[C@H]([C@H]3CCCCN3C(=O)OCc3ccccc3)[C@H](O)[C@H]2O1. The maximum absolute atomic E-state index is 12.7. The van der Waals surface area contributed by atoms with E-state index in [9.17, 15) is 9.90 Å². The van der Waals surface area contributed by atoms with Crippen molar-refractivity contribution in [3.63, 3.8) is 0 Å². The Morgan fingerprint density at radius 2 is 2.00 bits per heavy atom. The van der Waals surface area contributed by atoms with Crippen molar-refractivity contribution in [3.05, 3.63) is 35.9 Å². The normalized spacial score (nSPS) is 35.1. The number of likely N-dealkylation sites (tertiary alicyclic amines) is 1. The van der Waals surface area contributed by atoms with E-state index in [1.165, 1.54) is 0 Å². The summed E-state index contributed by atoms with van der Waals surface area (Å²) in [6.45, 7) is 4.41. The Kier molecular flexibility index (Phi) is 5.11. The predicted molar refractivity (Wildman–Crippen MR) is 95.7 cm³/mol. The Labute approximate surface area is 159 Å². The lowest BCUT2D eigenvalue weighted by molar-refractivity contribution is -0.222. The van der Waals surface area contributed by atoms with Crippen molar-refractivity contribution in [3.8, 4) is 0 Å². The van der Waals surface area contributed by atoms with Crippen molar-refractivity contribution < 1.29 is 28.8 Å². The zero-order chi connectivity index (χ0) is 19.0. The highest BCUT2D eigenvalue weighted by atomic mass is 16.8. The van der Waals surface area contributed by atoms with Crippen LogP contribution in [-0.2, 0) is 25.6 Å². The lowest BCUT2D eigenvalue weighted by atomic mass is 9.94. The third-order valence-corrected chi connectivity index (χ3v) is 5.42. The smallest absolute Gasteiger partial charge is 0.410 e. The summed E-state index contributed by atoms with van der Waals surface area (Å²) in [6, 6.07) is 9.34. The minimum Gasteiger partial charge on any atom is -0.445 e. The van der Waals surface area contributed by atoms with E-state index < -0.39 is 30.4 Å². The van der Waals surface area contributed by atoms with E-state index in [4.69, 9.17) is 18.9 Å². The van der Waals surface area contributed by atoms with Crippen molar-refractivity contribution in [2.24, 2.45) is 0 Å². The van der Waals surface area contributed by atoms with Crippen LogP contribution in [0, 0.1) is 0 Å². The van der Waals surface area contributed by atoms with Crippen molar-refractivity contribution in [1.29, 1.82) is 0 Å². The zero-order valence-corrected chi connectivity index (χ0v) is 15.7. The number of hydrogen-bond donors (Lipinski definition) is 1. The van der Waals surface area contributed by atoms with Crippen molar-refractivity contribution in [1.82, 2.24) is 4.90 Å². The molecule has 3 fully saturated rings. The summed E-state index contributed by atoms with van der Waals surface area (Å²) in [5.74, 6) is -0.776. The van der Waals surface area contributed by atoms with Gasteiger partial charge in [-0.15, -0.1) is 0 Å². The molecule has 1 N–H and O–H groups in total. The van der Waals surface area contributed by atoms with Gasteiger partial charge in [0.15, 0.2) is 12.1 Å². The standard InChI is InChI=1S/C20H27NO6/c1-20(2)26-17-15(22)16(25-18(17)27-20)14-10-6-7-11-21(14)19(23)24-12-13-8-4-3-5-9-13/h3-5,8-9,14-18,22H,6-7,10-12H2,1-2H3/t14-,15+,16-,17-,18-/m1/s1. The Morgan fingerprint density at radius 3 is 2.74 bits per heavy atom. The molecule has 1 aromatic rings. The van der Waals surface area contributed by atoms with Gasteiger partial charge < -0.3 is 29.0 Å². The average Bonchev–Trinajstić information content (AvgIpc) is 3.13. The number of aliphatic hydroxyl groups excluding tert-OH is 1. The molecule has 5 atom stereocenters. The fourth-order valence-corrected chi connectivity index (χ4v) is 4.16. The molecule has 1 amide bonds. The molecule has 0 aromatic heterocycles. The Bertz CT molecular complexity index is 666. The van der Waals surface area contributed by atoms with Crippen LogP contribution < -0.4 is 0 Å². The molecule has 0 saturated carbocycles. The highest BCUT2D eigenvalue weighted by Crippen LogP contribution is 2.40. The highest BCUT2D eigenvalue weighted by Gasteiger charge is 2.57. The first-order valence-electron chi connectivity index (χ1n) is 9.61. The summed E-state index contributed by atoms with van der Waals surface area (Å²) in [4.78, 5) is 14.4. The van der Waals surface area contributed by atoms with Crippen LogP contribution in [0.1, 0.15) is 38.7 Å². The monoisotopic (exact) mass is 377 g/mol. The molecule has 0 radical (unpaired) electrons. The van der Waals surface area contributed by atoms with Gasteiger partial charge in [-0.1, -0.05) is 30.3 Å². The van der Waals surface area contributed by atoms with Crippen molar-refractivity contribution in [2.45, 2.75) is 76.1 Å². The van der Waals surface area contributed by atoms with E-state index in [2.05, 4.69) is 0 Å². The third kappa shape index (κ3) is 3.82. The number of carbonyl (C=O) groups is 1. The van der Waals surface area contributed by atoms with Crippen LogP contribution in [0.2, 0.25) is 0 Å². The second kappa shape index (κ2) is 7.39. The van der Waals surface area contributed by atoms with Gasteiger partial charge in [-0.25, -0.2) is 4.79 Å². The number of amides is 1. The molecule has 3 aliphatic heterocycles. The van der Waals surface area contributed by atoms with Gasteiger partial charge >= 0.3 is 6.09 Å². The first kappa shape index (κ1) is 18.7. The molecule has 1 aromatic carbocycles. The van der Waals surface area contributed by atoms with Gasteiger partial charge in [0.05, 0.1) is 6.04 Å². The van der Waals surface area contributed by atoms with Gasteiger partial charge in [-0.05, 0) is 38.7 Å². The van der Waals surface area contributed by atoms with Crippen molar-refractivity contribution >= 4 is 6.09 Å². The molecule has 4 rings (SSSR count). The minimum atomic E-state index is -0.843. The number of benzene rings is 1. The summed E-state index contributed by atoms with van der Waals surface area (Å²) < 4.78 is 23.0. The molecule has 0 spiro atoms. The topological polar surface area (TPSA) is 77.5 Å². The molecule has 148 valence electrons. The van der Waals surface area contributed by atoms with Gasteiger partial charge in [0.2, 0.25) is 0 Å². The molecule has 0 bridgehead atoms. The van der Waals surface area contributed by atoms with Gasteiger partial charge in [0.25, 0.3) is 0 Å². The second-order valence-corrected chi connectivity index (χ2v) is 7.86. The van der Waals surface area contributed by atoms with E-state index >= 15 is 0 Å². The third-order valence-electron chi connectivity index (χ3n) is 5.42.